The maximum Gasteiger partial charge on any atom is 0.153 e. The Bertz CT molecular complexity index is 695. The van der Waals surface area contributed by atoms with E-state index in [1.807, 2.05) is 13.0 Å². The summed E-state index contributed by atoms with van der Waals surface area (Å²) in [5, 5.41) is 8.45. The van der Waals surface area contributed by atoms with E-state index in [1.54, 1.807) is 13.2 Å². The second-order valence-electron chi connectivity index (χ2n) is 5.36. The van der Waals surface area contributed by atoms with Gasteiger partial charge >= 0.3 is 0 Å². The van der Waals surface area contributed by atoms with Crippen LogP contribution in [0.15, 0.2) is 24.3 Å². The number of rotatable bonds is 3. The molecule has 0 amide bonds. The number of halogens is 2. The molecule has 0 radical (unpaired) electrons. The van der Waals surface area contributed by atoms with Gasteiger partial charge in [0.25, 0.3) is 0 Å². The number of fused-ring (bicyclic) bond motifs is 1. The van der Waals surface area contributed by atoms with E-state index in [-0.39, 0.29) is 11.9 Å². The summed E-state index contributed by atoms with van der Waals surface area (Å²) in [5.74, 6) is 0.403. The summed E-state index contributed by atoms with van der Waals surface area (Å²) in [6.45, 7) is 2.89. The predicted octanol–water partition coefficient (Wildman–Crippen LogP) is 3.79. The highest BCUT2D eigenvalue weighted by molar-refractivity contribution is 6.29. The number of hydrogen-bond donors (Lipinski definition) is 0. The molecule has 22 heavy (non-hydrogen) atoms. The molecule has 1 atom stereocenters. The minimum absolute atomic E-state index is 0.0510. The van der Waals surface area contributed by atoms with E-state index in [9.17, 15) is 4.39 Å². The second kappa shape index (κ2) is 6.08. The number of aromatic nitrogens is 2. The Morgan fingerprint density at radius 2 is 2.14 bits per heavy atom. The molecule has 0 bridgehead atoms. The van der Waals surface area contributed by atoms with Crippen molar-refractivity contribution in [1.82, 2.24) is 10.2 Å². The molecule has 4 nitrogen and oxygen atoms in total. The van der Waals surface area contributed by atoms with Crippen LogP contribution in [0.3, 0.4) is 0 Å². The van der Waals surface area contributed by atoms with Crippen LogP contribution in [0.4, 0.5) is 10.1 Å². The fourth-order valence-electron chi connectivity index (χ4n) is 2.95. The van der Waals surface area contributed by atoms with Gasteiger partial charge in [0, 0.05) is 18.2 Å². The average Bonchev–Trinajstić information content (AvgIpc) is 2.53. The number of anilines is 1. The molecule has 1 aliphatic heterocycles. The molecular formula is C16H17ClFN3O. The lowest BCUT2D eigenvalue weighted by atomic mass is 10.0. The summed E-state index contributed by atoms with van der Waals surface area (Å²) in [4.78, 5) is 2.18. The molecule has 0 unspecified atom stereocenters. The Labute approximate surface area is 133 Å². The summed E-state index contributed by atoms with van der Waals surface area (Å²) < 4.78 is 19.0. The van der Waals surface area contributed by atoms with Crippen LogP contribution in [0, 0.1) is 5.82 Å². The van der Waals surface area contributed by atoms with E-state index < -0.39 is 0 Å². The molecule has 6 heteroatoms. The first-order valence-electron chi connectivity index (χ1n) is 7.22. The highest BCUT2D eigenvalue weighted by atomic mass is 35.5. The van der Waals surface area contributed by atoms with Gasteiger partial charge in [0.2, 0.25) is 0 Å². The summed E-state index contributed by atoms with van der Waals surface area (Å²) >= 11 is 5.99. The number of nitrogens with zero attached hydrogens (tertiary/aromatic N) is 3. The van der Waals surface area contributed by atoms with Gasteiger partial charge in [-0.3, -0.25) is 0 Å². The first kappa shape index (κ1) is 15.0. The van der Waals surface area contributed by atoms with Crippen LogP contribution in [-0.2, 0) is 6.42 Å². The van der Waals surface area contributed by atoms with Gasteiger partial charge < -0.3 is 9.64 Å². The van der Waals surface area contributed by atoms with Crippen LogP contribution >= 0.6 is 11.6 Å². The highest BCUT2D eigenvalue weighted by Gasteiger charge is 2.26. The number of benzene rings is 1. The Morgan fingerprint density at radius 1 is 1.32 bits per heavy atom. The summed E-state index contributed by atoms with van der Waals surface area (Å²) in [6, 6.07) is 6.36. The summed E-state index contributed by atoms with van der Waals surface area (Å²) in [6.07, 6.45) is 1.86. The average molecular weight is 322 g/mol. The van der Waals surface area contributed by atoms with Crippen molar-refractivity contribution in [3.8, 4) is 5.75 Å². The van der Waals surface area contributed by atoms with E-state index in [4.69, 9.17) is 16.3 Å². The van der Waals surface area contributed by atoms with Gasteiger partial charge in [0.15, 0.2) is 5.15 Å². The van der Waals surface area contributed by atoms with Gasteiger partial charge in [-0.1, -0.05) is 11.6 Å². The summed E-state index contributed by atoms with van der Waals surface area (Å²) in [7, 11) is 1.59. The van der Waals surface area contributed by atoms with E-state index in [0.29, 0.717) is 10.9 Å². The molecule has 0 fully saturated rings. The molecule has 2 aromatic rings. The Kier molecular flexibility index (Phi) is 4.16. The van der Waals surface area contributed by atoms with Crippen molar-refractivity contribution in [2.24, 2.45) is 0 Å². The maximum absolute atomic E-state index is 13.7. The number of aryl methyl sites for hydroxylation is 1. The van der Waals surface area contributed by atoms with E-state index >= 15 is 0 Å². The molecule has 0 spiro atoms. The molecule has 2 heterocycles. The summed E-state index contributed by atoms with van der Waals surface area (Å²) in [5.41, 5.74) is 2.70. The lowest BCUT2D eigenvalue weighted by Gasteiger charge is -2.36. The van der Waals surface area contributed by atoms with E-state index in [2.05, 4.69) is 15.1 Å². The number of methoxy groups -OCH3 is 1. The molecular weight excluding hydrogens is 305 g/mol. The van der Waals surface area contributed by atoms with Crippen molar-refractivity contribution in [3.05, 3.63) is 46.5 Å². The normalized spacial score (nSPS) is 15.4. The van der Waals surface area contributed by atoms with Crippen LogP contribution in [0.1, 0.15) is 30.6 Å². The topological polar surface area (TPSA) is 38.2 Å². The maximum atomic E-state index is 13.7. The monoisotopic (exact) mass is 321 g/mol. The quantitative estimate of drug-likeness (QED) is 0.862. The van der Waals surface area contributed by atoms with Gasteiger partial charge in [0.05, 0.1) is 24.5 Å². The molecule has 1 aliphatic rings. The van der Waals surface area contributed by atoms with Gasteiger partial charge in [-0.05, 0) is 38.0 Å². The number of ether oxygens (including phenoxy) is 1. The van der Waals surface area contributed by atoms with Crippen molar-refractivity contribution in [2.75, 3.05) is 18.6 Å². The van der Waals surface area contributed by atoms with Crippen molar-refractivity contribution >= 4 is 17.3 Å². The zero-order valence-electron chi connectivity index (χ0n) is 12.5. The fraction of sp³-hybridized carbons (Fsp3) is 0.375. The molecule has 116 valence electrons. The smallest absolute Gasteiger partial charge is 0.153 e. The zero-order valence-corrected chi connectivity index (χ0v) is 13.3. The standard InChI is InChI=1S/C16H17ClFN3O/c1-10(12-8-11(18)5-6-15(12)22-2)21-7-3-4-13-14(21)9-16(17)20-19-13/h5-6,8-10H,3-4,7H2,1-2H3/t10-/m1/s1. The molecule has 0 saturated carbocycles. The minimum atomic E-state index is -0.272. The van der Waals surface area contributed by atoms with Gasteiger partial charge in [-0.25, -0.2) is 4.39 Å². The lowest BCUT2D eigenvalue weighted by Crippen LogP contribution is -2.33. The van der Waals surface area contributed by atoms with Crippen LogP contribution in [-0.4, -0.2) is 23.9 Å². The minimum Gasteiger partial charge on any atom is -0.496 e. The van der Waals surface area contributed by atoms with E-state index in [1.165, 1.54) is 12.1 Å². The van der Waals surface area contributed by atoms with Crippen molar-refractivity contribution < 1.29 is 9.13 Å². The number of hydrogen-bond acceptors (Lipinski definition) is 4. The van der Waals surface area contributed by atoms with Gasteiger partial charge in [0.1, 0.15) is 11.6 Å². The molecule has 0 saturated heterocycles. The Morgan fingerprint density at radius 3 is 2.91 bits per heavy atom. The second-order valence-corrected chi connectivity index (χ2v) is 5.75. The van der Waals surface area contributed by atoms with Crippen molar-refractivity contribution in [1.29, 1.82) is 0 Å². The van der Waals surface area contributed by atoms with Crippen LogP contribution in [0.2, 0.25) is 5.15 Å². The highest BCUT2D eigenvalue weighted by Crippen LogP contribution is 2.37. The molecule has 1 aromatic heterocycles. The van der Waals surface area contributed by atoms with Gasteiger partial charge in [-0.15, -0.1) is 5.10 Å². The van der Waals surface area contributed by atoms with Gasteiger partial charge in [-0.2, -0.15) is 5.10 Å². The first-order chi connectivity index (χ1) is 10.6. The Hall–Kier alpha value is -1.88. The molecule has 0 aliphatic carbocycles. The van der Waals surface area contributed by atoms with Crippen molar-refractivity contribution in [3.63, 3.8) is 0 Å². The Balaban J connectivity index is 2.02. The van der Waals surface area contributed by atoms with E-state index in [0.717, 1.165) is 36.3 Å². The largest absolute Gasteiger partial charge is 0.496 e. The van der Waals surface area contributed by atoms with Crippen LogP contribution < -0.4 is 9.64 Å². The lowest BCUT2D eigenvalue weighted by molar-refractivity contribution is 0.403. The fourth-order valence-corrected chi connectivity index (χ4v) is 3.09. The molecule has 0 N–H and O–H groups in total. The molecule has 1 aromatic carbocycles. The third-order valence-electron chi connectivity index (χ3n) is 4.05. The third kappa shape index (κ3) is 2.73. The van der Waals surface area contributed by atoms with Crippen LogP contribution in [0.25, 0.3) is 0 Å². The van der Waals surface area contributed by atoms with Crippen molar-refractivity contribution in [2.45, 2.75) is 25.8 Å². The third-order valence-corrected chi connectivity index (χ3v) is 4.23. The van der Waals surface area contributed by atoms with Crippen LogP contribution in [0.5, 0.6) is 5.75 Å². The SMILES string of the molecule is COc1ccc(F)cc1[C@@H](C)N1CCCc2nnc(Cl)cc21. The zero-order chi connectivity index (χ0) is 15.7. The first-order valence-corrected chi connectivity index (χ1v) is 7.60. The molecule has 3 rings (SSSR count). The predicted molar refractivity (Wildman–Crippen MR) is 84.1 cm³/mol.